The van der Waals surface area contributed by atoms with E-state index in [-0.39, 0.29) is 12.5 Å². The molecule has 1 fully saturated rings. The molecule has 1 N–H and O–H groups in total. The van der Waals surface area contributed by atoms with E-state index in [1.807, 2.05) is 31.2 Å². The van der Waals surface area contributed by atoms with Gasteiger partial charge in [-0.1, -0.05) is 24.3 Å². The normalized spacial score (nSPS) is 15.0. The highest BCUT2D eigenvalue weighted by Crippen LogP contribution is 2.07. The first kappa shape index (κ1) is 13.4. The van der Waals surface area contributed by atoms with Crippen LogP contribution in [-0.4, -0.2) is 36.6 Å². The van der Waals surface area contributed by atoms with Crippen LogP contribution in [0.4, 0.5) is 4.79 Å². The van der Waals surface area contributed by atoms with Crippen molar-refractivity contribution in [3.8, 4) is 0 Å². The summed E-state index contributed by atoms with van der Waals surface area (Å²) >= 11 is 0. The first-order valence-corrected chi connectivity index (χ1v) is 6.40. The number of nitrogens with zero attached hydrogens (tertiary/aromatic N) is 1. The maximum atomic E-state index is 11.8. The Morgan fingerprint density at radius 2 is 2.21 bits per heavy atom. The van der Waals surface area contributed by atoms with Crippen LogP contribution in [0.15, 0.2) is 24.3 Å². The fourth-order valence-corrected chi connectivity index (χ4v) is 1.97. The van der Waals surface area contributed by atoms with Gasteiger partial charge in [0.25, 0.3) is 0 Å². The third-order valence-electron chi connectivity index (χ3n) is 3.13. The van der Waals surface area contributed by atoms with Crippen molar-refractivity contribution in [3.63, 3.8) is 0 Å². The third-order valence-corrected chi connectivity index (χ3v) is 3.13. The summed E-state index contributed by atoms with van der Waals surface area (Å²) in [5.74, 6) is -0.165. The number of aryl methyl sites for hydroxylation is 1. The molecule has 0 saturated carbocycles. The van der Waals surface area contributed by atoms with Crippen LogP contribution >= 0.6 is 0 Å². The average Bonchev–Trinajstić information content (AvgIpc) is 2.40. The Bertz CT molecular complexity index is 474. The summed E-state index contributed by atoms with van der Waals surface area (Å²) in [7, 11) is 0. The molecule has 1 aromatic carbocycles. The van der Waals surface area contributed by atoms with Gasteiger partial charge in [-0.25, -0.2) is 4.79 Å². The van der Waals surface area contributed by atoms with Gasteiger partial charge >= 0.3 is 6.09 Å². The monoisotopic (exact) mass is 262 g/mol. The first-order chi connectivity index (χ1) is 9.16. The lowest BCUT2D eigenvalue weighted by atomic mass is 10.1. The van der Waals surface area contributed by atoms with Crippen LogP contribution in [0.2, 0.25) is 0 Å². The van der Waals surface area contributed by atoms with E-state index < -0.39 is 6.09 Å². The van der Waals surface area contributed by atoms with Crippen molar-refractivity contribution in [2.24, 2.45) is 0 Å². The molecule has 0 spiro atoms. The lowest BCUT2D eigenvalue weighted by Crippen LogP contribution is -2.44. The quantitative estimate of drug-likeness (QED) is 0.893. The number of cyclic esters (lactones) is 1. The summed E-state index contributed by atoms with van der Waals surface area (Å²) in [4.78, 5) is 24.6. The zero-order valence-corrected chi connectivity index (χ0v) is 11.0. The molecule has 0 bridgehead atoms. The molecule has 102 valence electrons. The van der Waals surface area contributed by atoms with E-state index in [0.29, 0.717) is 19.7 Å². The SMILES string of the molecule is Cc1ccccc1CNC(=O)CN1CCCOC1=O. The summed E-state index contributed by atoms with van der Waals surface area (Å²) < 4.78 is 4.88. The highest BCUT2D eigenvalue weighted by molar-refractivity contribution is 5.82. The molecule has 1 heterocycles. The predicted molar refractivity (Wildman–Crippen MR) is 70.6 cm³/mol. The third kappa shape index (κ3) is 3.71. The minimum atomic E-state index is -0.405. The van der Waals surface area contributed by atoms with Crippen LogP contribution in [0.1, 0.15) is 17.5 Å². The second-order valence-electron chi connectivity index (χ2n) is 4.59. The Labute approximate surface area is 112 Å². The number of carbonyl (C=O) groups is 2. The minimum Gasteiger partial charge on any atom is -0.449 e. The van der Waals surface area contributed by atoms with E-state index in [1.165, 1.54) is 4.90 Å². The molecule has 5 heteroatoms. The fourth-order valence-electron chi connectivity index (χ4n) is 1.97. The van der Waals surface area contributed by atoms with Gasteiger partial charge in [-0.15, -0.1) is 0 Å². The topological polar surface area (TPSA) is 58.6 Å². The van der Waals surface area contributed by atoms with Gasteiger partial charge in [0.1, 0.15) is 6.54 Å². The van der Waals surface area contributed by atoms with Gasteiger partial charge in [-0.3, -0.25) is 9.69 Å². The lowest BCUT2D eigenvalue weighted by molar-refractivity contribution is -0.122. The molecular weight excluding hydrogens is 244 g/mol. The van der Waals surface area contributed by atoms with E-state index in [2.05, 4.69) is 5.32 Å². The number of benzene rings is 1. The Morgan fingerprint density at radius 1 is 1.42 bits per heavy atom. The fraction of sp³-hybridized carbons (Fsp3) is 0.429. The largest absolute Gasteiger partial charge is 0.449 e. The summed E-state index contributed by atoms with van der Waals surface area (Å²) in [6.45, 7) is 3.57. The summed E-state index contributed by atoms with van der Waals surface area (Å²) in [5, 5.41) is 2.82. The van der Waals surface area contributed by atoms with Gasteiger partial charge < -0.3 is 10.1 Å². The van der Waals surface area contributed by atoms with Crippen molar-refractivity contribution < 1.29 is 14.3 Å². The number of rotatable bonds is 4. The number of hydrogen-bond acceptors (Lipinski definition) is 3. The molecule has 1 aliphatic rings. The Kier molecular flexibility index (Phi) is 4.39. The lowest BCUT2D eigenvalue weighted by Gasteiger charge is -2.25. The number of nitrogens with one attached hydrogen (secondary N) is 1. The molecule has 1 aliphatic heterocycles. The van der Waals surface area contributed by atoms with Crippen LogP contribution in [0.3, 0.4) is 0 Å². The smallest absolute Gasteiger partial charge is 0.410 e. The molecule has 0 unspecified atom stereocenters. The van der Waals surface area contributed by atoms with E-state index in [1.54, 1.807) is 0 Å². The van der Waals surface area contributed by atoms with Crippen LogP contribution in [0, 0.1) is 6.92 Å². The molecule has 0 aromatic heterocycles. The predicted octanol–water partition coefficient (Wildman–Crippen LogP) is 1.45. The molecule has 19 heavy (non-hydrogen) atoms. The summed E-state index contributed by atoms with van der Waals surface area (Å²) in [5.41, 5.74) is 2.22. The number of carbonyl (C=O) groups excluding carboxylic acids is 2. The van der Waals surface area contributed by atoms with E-state index in [4.69, 9.17) is 4.74 Å². The molecule has 2 rings (SSSR count). The number of amides is 2. The second kappa shape index (κ2) is 6.22. The van der Waals surface area contributed by atoms with Gasteiger partial charge in [0.05, 0.1) is 6.61 Å². The van der Waals surface area contributed by atoms with Crippen molar-refractivity contribution in [2.45, 2.75) is 19.9 Å². The van der Waals surface area contributed by atoms with Gasteiger partial charge in [-0.05, 0) is 24.5 Å². The number of ether oxygens (including phenoxy) is 1. The Balaban J connectivity index is 1.81. The molecule has 2 amide bonds. The van der Waals surface area contributed by atoms with Crippen LogP contribution < -0.4 is 5.32 Å². The van der Waals surface area contributed by atoms with E-state index >= 15 is 0 Å². The molecule has 1 aromatic rings. The van der Waals surface area contributed by atoms with E-state index in [0.717, 1.165) is 17.5 Å². The van der Waals surface area contributed by atoms with Crippen molar-refractivity contribution in [3.05, 3.63) is 35.4 Å². The van der Waals surface area contributed by atoms with Crippen molar-refractivity contribution in [1.29, 1.82) is 0 Å². The highest BCUT2D eigenvalue weighted by Gasteiger charge is 2.21. The van der Waals surface area contributed by atoms with Crippen LogP contribution in [0.25, 0.3) is 0 Å². The van der Waals surface area contributed by atoms with Crippen molar-refractivity contribution in [2.75, 3.05) is 19.7 Å². The van der Waals surface area contributed by atoms with Gasteiger partial charge in [0, 0.05) is 13.1 Å². The van der Waals surface area contributed by atoms with Crippen molar-refractivity contribution >= 4 is 12.0 Å². The molecule has 0 aliphatic carbocycles. The maximum Gasteiger partial charge on any atom is 0.410 e. The van der Waals surface area contributed by atoms with Gasteiger partial charge in [0.15, 0.2) is 0 Å². The zero-order valence-electron chi connectivity index (χ0n) is 11.0. The standard InChI is InChI=1S/C14H18N2O3/c1-11-5-2-3-6-12(11)9-15-13(17)10-16-7-4-8-19-14(16)18/h2-3,5-6H,4,7-10H2,1H3,(H,15,17). The average molecular weight is 262 g/mol. The Hall–Kier alpha value is -2.04. The molecule has 5 nitrogen and oxygen atoms in total. The highest BCUT2D eigenvalue weighted by atomic mass is 16.6. The second-order valence-corrected chi connectivity index (χ2v) is 4.59. The zero-order chi connectivity index (χ0) is 13.7. The van der Waals surface area contributed by atoms with Crippen LogP contribution in [-0.2, 0) is 16.1 Å². The molecule has 0 radical (unpaired) electrons. The molecular formula is C14H18N2O3. The summed E-state index contributed by atoms with van der Waals surface area (Å²) in [6, 6.07) is 7.88. The van der Waals surface area contributed by atoms with Gasteiger partial charge in [-0.2, -0.15) is 0 Å². The minimum absolute atomic E-state index is 0.0602. The Morgan fingerprint density at radius 3 is 2.95 bits per heavy atom. The van der Waals surface area contributed by atoms with Crippen LogP contribution in [0.5, 0.6) is 0 Å². The number of hydrogen-bond donors (Lipinski definition) is 1. The van der Waals surface area contributed by atoms with Gasteiger partial charge in [0.2, 0.25) is 5.91 Å². The maximum absolute atomic E-state index is 11.8. The van der Waals surface area contributed by atoms with E-state index in [9.17, 15) is 9.59 Å². The first-order valence-electron chi connectivity index (χ1n) is 6.40. The molecule has 0 atom stereocenters. The summed E-state index contributed by atoms with van der Waals surface area (Å²) in [6.07, 6.45) is 0.369. The molecule has 1 saturated heterocycles. The van der Waals surface area contributed by atoms with Crippen molar-refractivity contribution in [1.82, 2.24) is 10.2 Å².